The molecule has 1 heterocycles. The lowest BCUT2D eigenvalue weighted by molar-refractivity contribution is -0.129. The number of hydrogen-bond acceptors (Lipinski definition) is 2. The zero-order valence-electron chi connectivity index (χ0n) is 14.4. The van der Waals surface area contributed by atoms with Crippen molar-refractivity contribution in [2.75, 3.05) is 20.1 Å². The zero-order chi connectivity index (χ0) is 16.9. The highest BCUT2D eigenvalue weighted by molar-refractivity contribution is 5.88. The highest BCUT2D eigenvalue weighted by Crippen LogP contribution is 2.23. The molecule has 1 atom stereocenters. The van der Waals surface area contributed by atoms with Gasteiger partial charge in [0.2, 0.25) is 5.91 Å². The highest BCUT2D eigenvalue weighted by atomic mass is 16.2. The number of amides is 3. The van der Waals surface area contributed by atoms with Crippen molar-refractivity contribution in [3.05, 3.63) is 35.9 Å². The average molecular weight is 329 g/mol. The van der Waals surface area contributed by atoms with E-state index in [0.717, 1.165) is 38.8 Å². The first-order valence-corrected chi connectivity index (χ1v) is 9.01. The molecule has 1 N–H and O–H groups in total. The van der Waals surface area contributed by atoms with Gasteiger partial charge in [-0.15, -0.1) is 0 Å². The topological polar surface area (TPSA) is 52.7 Å². The van der Waals surface area contributed by atoms with Gasteiger partial charge in [-0.25, -0.2) is 4.79 Å². The van der Waals surface area contributed by atoms with Crippen LogP contribution in [0.3, 0.4) is 0 Å². The van der Waals surface area contributed by atoms with Crippen LogP contribution in [0.1, 0.15) is 37.7 Å². The molecule has 130 valence electrons. The number of nitrogens with zero attached hydrogens (tertiary/aromatic N) is 2. The van der Waals surface area contributed by atoms with Crippen molar-refractivity contribution >= 4 is 11.9 Å². The molecule has 1 aliphatic heterocycles. The fourth-order valence-corrected chi connectivity index (χ4v) is 3.40. The molecule has 0 aromatic heterocycles. The van der Waals surface area contributed by atoms with Crippen molar-refractivity contribution in [3.8, 4) is 0 Å². The number of benzene rings is 1. The number of carbonyl (C=O) groups is 2. The van der Waals surface area contributed by atoms with E-state index >= 15 is 0 Å². The van der Waals surface area contributed by atoms with Gasteiger partial charge in [-0.2, -0.15) is 0 Å². The number of nitrogens with one attached hydrogen (secondary N) is 1. The first-order valence-electron chi connectivity index (χ1n) is 9.01. The number of urea groups is 1. The molecule has 1 aliphatic carbocycles. The van der Waals surface area contributed by atoms with Crippen LogP contribution in [0.25, 0.3) is 0 Å². The summed E-state index contributed by atoms with van der Waals surface area (Å²) in [5, 5.41) is 2.91. The molecule has 3 rings (SSSR count). The van der Waals surface area contributed by atoms with Crippen LogP contribution in [-0.2, 0) is 11.2 Å². The summed E-state index contributed by atoms with van der Waals surface area (Å²) in [6.07, 6.45) is 6.00. The van der Waals surface area contributed by atoms with Gasteiger partial charge in [0, 0.05) is 26.2 Å². The number of rotatable bonds is 6. The summed E-state index contributed by atoms with van der Waals surface area (Å²) in [6, 6.07) is 10.2. The summed E-state index contributed by atoms with van der Waals surface area (Å²) in [5.74, 6) is 0.0680. The number of hydrogen-bond donors (Lipinski definition) is 1. The van der Waals surface area contributed by atoms with Crippen molar-refractivity contribution < 1.29 is 9.59 Å². The van der Waals surface area contributed by atoms with Crippen LogP contribution >= 0.6 is 0 Å². The molecular weight excluding hydrogens is 302 g/mol. The van der Waals surface area contributed by atoms with Crippen molar-refractivity contribution in [1.29, 1.82) is 0 Å². The molecule has 5 nitrogen and oxygen atoms in total. The van der Waals surface area contributed by atoms with E-state index in [1.54, 1.807) is 4.90 Å². The van der Waals surface area contributed by atoms with Crippen LogP contribution in [0.15, 0.2) is 30.3 Å². The molecule has 0 bridgehead atoms. The van der Waals surface area contributed by atoms with E-state index in [1.165, 1.54) is 12.0 Å². The summed E-state index contributed by atoms with van der Waals surface area (Å²) in [7, 11) is 1.83. The Bertz CT molecular complexity index is 571. The van der Waals surface area contributed by atoms with E-state index in [4.69, 9.17) is 0 Å². The summed E-state index contributed by atoms with van der Waals surface area (Å²) in [6.45, 7) is 1.50. The molecule has 1 aromatic rings. The lowest BCUT2D eigenvalue weighted by Gasteiger charge is -2.35. The van der Waals surface area contributed by atoms with E-state index < -0.39 is 0 Å². The Labute approximate surface area is 144 Å². The second-order valence-corrected chi connectivity index (χ2v) is 6.90. The van der Waals surface area contributed by atoms with Crippen molar-refractivity contribution in [3.63, 3.8) is 0 Å². The molecule has 1 unspecified atom stereocenters. The monoisotopic (exact) mass is 329 g/mol. The second kappa shape index (κ2) is 7.69. The minimum Gasteiger partial charge on any atom is -0.341 e. The standard InChI is InChI=1S/C19H27N3O2/c1-21(16-10-5-11-16)19(24)20-17-12-14-22(18(17)23)13-6-9-15-7-3-2-4-8-15/h2-4,7-8,16-17H,5-6,9-14H2,1H3,(H,20,24). The van der Waals surface area contributed by atoms with Gasteiger partial charge in [-0.3, -0.25) is 4.79 Å². The van der Waals surface area contributed by atoms with Crippen LogP contribution in [0.5, 0.6) is 0 Å². The fourth-order valence-electron chi connectivity index (χ4n) is 3.40. The van der Waals surface area contributed by atoms with Gasteiger partial charge in [-0.05, 0) is 44.1 Å². The van der Waals surface area contributed by atoms with Crippen LogP contribution in [-0.4, -0.2) is 54.0 Å². The van der Waals surface area contributed by atoms with E-state index in [1.807, 2.05) is 30.1 Å². The summed E-state index contributed by atoms with van der Waals surface area (Å²) in [5.41, 5.74) is 1.30. The zero-order valence-corrected chi connectivity index (χ0v) is 14.4. The predicted octanol–water partition coefficient (Wildman–Crippen LogP) is 2.41. The van der Waals surface area contributed by atoms with Crippen LogP contribution in [0.4, 0.5) is 4.79 Å². The normalized spacial score (nSPS) is 20.8. The Morgan fingerprint density at radius 1 is 1.25 bits per heavy atom. The maximum atomic E-state index is 12.5. The quantitative estimate of drug-likeness (QED) is 0.871. The molecule has 0 spiro atoms. The molecule has 0 radical (unpaired) electrons. The predicted molar refractivity (Wildman–Crippen MR) is 93.7 cm³/mol. The third-order valence-electron chi connectivity index (χ3n) is 5.27. The Balaban J connectivity index is 1.42. The van der Waals surface area contributed by atoms with E-state index in [2.05, 4.69) is 17.4 Å². The van der Waals surface area contributed by atoms with E-state index in [9.17, 15) is 9.59 Å². The lowest BCUT2D eigenvalue weighted by Crippen LogP contribution is -2.51. The van der Waals surface area contributed by atoms with Crippen LogP contribution < -0.4 is 5.32 Å². The third kappa shape index (κ3) is 3.89. The van der Waals surface area contributed by atoms with Crippen LogP contribution in [0, 0.1) is 0 Å². The second-order valence-electron chi connectivity index (χ2n) is 6.90. The maximum Gasteiger partial charge on any atom is 0.318 e. The molecule has 24 heavy (non-hydrogen) atoms. The first-order chi connectivity index (χ1) is 11.6. The maximum absolute atomic E-state index is 12.5. The molecule has 1 aromatic carbocycles. The van der Waals surface area contributed by atoms with Gasteiger partial charge in [0.25, 0.3) is 0 Å². The average Bonchev–Trinajstić information content (AvgIpc) is 2.87. The molecule has 1 saturated heterocycles. The molecule has 5 heteroatoms. The van der Waals surface area contributed by atoms with Crippen molar-refractivity contribution in [2.24, 2.45) is 0 Å². The number of carbonyl (C=O) groups excluding carboxylic acids is 2. The fraction of sp³-hybridized carbons (Fsp3) is 0.579. The molecule has 1 saturated carbocycles. The summed E-state index contributed by atoms with van der Waals surface area (Å²) >= 11 is 0. The van der Waals surface area contributed by atoms with Gasteiger partial charge in [-0.1, -0.05) is 30.3 Å². The van der Waals surface area contributed by atoms with Crippen molar-refractivity contribution in [1.82, 2.24) is 15.1 Å². The third-order valence-corrected chi connectivity index (χ3v) is 5.27. The van der Waals surface area contributed by atoms with E-state index in [-0.39, 0.29) is 18.0 Å². The van der Waals surface area contributed by atoms with Gasteiger partial charge in [0.1, 0.15) is 6.04 Å². The molecule has 2 aliphatic rings. The first kappa shape index (κ1) is 16.8. The van der Waals surface area contributed by atoms with Gasteiger partial charge in [0.15, 0.2) is 0 Å². The number of likely N-dealkylation sites (tertiary alicyclic amines) is 1. The van der Waals surface area contributed by atoms with Crippen LogP contribution in [0.2, 0.25) is 0 Å². The Morgan fingerprint density at radius 2 is 2.00 bits per heavy atom. The molecular formula is C19H27N3O2. The Hall–Kier alpha value is -2.04. The number of aryl methyl sites for hydroxylation is 1. The van der Waals surface area contributed by atoms with Gasteiger partial charge < -0.3 is 15.1 Å². The highest BCUT2D eigenvalue weighted by Gasteiger charge is 2.34. The summed E-state index contributed by atoms with van der Waals surface area (Å²) in [4.78, 5) is 28.3. The molecule has 2 fully saturated rings. The van der Waals surface area contributed by atoms with E-state index in [0.29, 0.717) is 12.5 Å². The Kier molecular flexibility index (Phi) is 5.38. The minimum atomic E-state index is -0.350. The Morgan fingerprint density at radius 3 is 2.67 bits per heavy atom. The van der Waals surface area contributed by atoms with Crippen molar-refractivity contribution in [2.45, 2.75) is 50.6 Å². The summed E-state index contributed by atoms with van der Waals surface area (Å²) < 4.78 is 0. The van der Waals surface area contributed by atoms with Gasteiger partial charge >= 0.3 is 6.03 Å². The lowest BCUT2D eigenvalue weighted by atomic mass is 9.92. The smallest absolute Gasteiger partial charge is 0.318 e. The minimum absolute atomic E-state index is 0.0680. The largest absolute Gasteiger partial charge is 0.341 e. The SMILES string of the molecule is CN(C(=O)NC1CCN(CCCc2ccccc2)C1=O)C1CCC1. The molecule has 3 amide bonds. The van der Waals surface area contributed by atoms with Gasteiger partial charge in [0.05, 0.1) is 0 Å².